The highest BCUT2D eigenvalue weighted by molar-refractivity contribution is 7.33. The molecular weight excluding hydrogens is 444 g/mol. The first-order chi connectivity index (χ1) is 15.7. The summed E-state index contributed by atoms with van der Waals surface area (Å²) in [6, 6.07) is 17.5. The number of fused-ring (bicyclic) bond motifs is 4. The molecule has 0 saturated carbocycles. The number of nitrogens with one attached hydrogen (secondary N) is 1. The number of morpholine rings is 1. The molecule has 32 heavy (non-hydrogen) atoms. The molecule has 8 heteroatoms. The number of nitrogens with zero attached hydrogens (tertiary/aromatic N) is 1. The van der Waals surface area contributed by atoms with Crippen molar-refractivity contribution < 1.29 is 18.7 Å². The lowest BCUT2D eigenvalue weighted by atomic mass is 10.2. The number of ether oxygens (including phenoxy) is 1. The number of amides is 2. The van der Waals surface area contributed by atoms with E-state index in [0.29, 0.717) is 47.8 Å². The predicted molar refractivity (Wildman–Crippen MR) is 128 cm³/mol. The van der Waals surface area contributed by atoms with Gasteiger partial charge in [-0.2, -0.15) is 0 Å². The molecule has 0 aliphatic carbocycles. The van der Waals surface area contributed by atoms with Crippen LogP contribution in [0, 0.1) is 0 Å². The van der Waals surface area contributed by atoms with Crippen molar-refractivity contribution >= 4 is 70.6 Å². The van der Waals surface area contributed by atoms with E-state index in [1.807, 2.05) is 36.4 Å². The fourth-order valence-electron chi connectivity index (χ4n) is 4.02. The zero-order chi connectivity index (χ0) is 21.7. The lowest BCUT2D eigenvalue weighted by Gasteiger charge is -2.26. The molecule has 0 bridgehead atoms. The standard InChI is InChI=1S/C24H18N2O4S2/c27-23(19-13-18-22(32-19)15-6-2-4-8-17(15)31-18)25-20-14-5-1-3-7-16(14)30-21(20)24(28)26-9-11-29-12-10-26/h1-8,13H,9-12H2,(H,25,27). The molecular formula is C24H18N2O4S2. The van der Waals surface area contributed by atoms with E-state index < -0.39 is 0 Å². The van der Waals surface area contributed by atoms with Crippen molar-refractivity contribution in [3.63, 3.8) is 0 Å². The Kier molecular flexibility index (Phi) is 4.71. The molecule has 0 unspecified atom stereocenters. The fourth-order valence-corrected chi connectivity index (χ4v) is 6.44. The van der Waals surface area contributed by atoms with Crippen molar-refractivity contribution in [3.8, 4) is 0 Å². The van der Waals surface area contributed by atoms with Crippen LogP contribution in [-0.2, 0) is 4.74 Å². The van der Waals surface area contributed by atoms with E-state index in [2.05, 4.69) is 17.4 Å². The fraction of sp³-hybridized carbons (Fsp3) is 0.167. The Hall–Kier alpha value is -3.20. The average molecular weight is 463 g/mol. The van der Waals surface area contributed by atoms with Crippen molar-refractivity contribution in [2.45, 2.75) is 0 Å². The van der Waals surface area contributed by atoms with Gasteiger partial charge in [0, 0.05) is 33.3 Å². The van der Waals surface area contributed by atoms with Gasteiger partial charge in [-0.05, 0) is 24.3 Å². The summed E-state index contributed by atoms with van der Waals surface area (Å²) in [5.74, 6) is -0.326. The van der Waals surface area contributed by atoms with Gasteiger partial charge in [0.2, 0.25) is 5.76 Å². The SMILES string of the molecule is O=C(Nc1c(C(=O)N2CCOCC2)oc2ccccc12)c1cc2sc3ccccc3c2s1. The maximum Gasteiger partial charge on any atom is 0.291 e. The van der Waals surface area contributed by atoms with Gasteiger partial charge in [-0.15, -0.1) is 22.7 Å². The number of para-hydroxylation sites is 1. The number of rotatable bonds is 3. The van der Waals surface area contributed by atoms with Crippen LogP contribution in [0.4, 0.5) is 5.69 Å². The number of hydrogen-bond donors (Lipinski definition) is 1. The van der Waals surface area contributed by atoms with Gasteiger partial charge in [-0.3, -0.25) is 9.59 Å². The summed E-state index contributed by atoms with van der Waals surface area (Å²) < 4.78 is 14.7. The minimum Gasteiger partial charge on any atom is -0.449 e. The van der Waals surface area contributed by atoms with E-state index in [4.69, 9.17) is 9.15 Å². The van der Waals surface area contributed by atoms with Crippen LogP contribution >= 0.6 is 22.7 Å². The molecule has 1 aliphatic heterocycles. The minimum absolute atomic E-state index is 0.158. The summed E-state index contributed by atoms with van der Waals surface area (Å²) in [4.78, 5) is 28.7. The lowest BCUT2D eigenvalue weighted by molar-refractivity contribution is 0.0285. The average Bonchev–Trinajstić information content (AvgIpc) is 3.50. The van der Waals surface area contributed by atoms with Gasteiger partial charge in [-0.25, -0.2) is 0 Å². The van der Waals surface area contributed by atoms with Gasteiger partial charge in [-0.1, -0.05) is 30.3 Å². The number of carbonyl (C=O) groups is 2. The summed E-state index contributed by atoms with van der Waals surface area (Å²) in [5, 5.41) is 4.84. The molecule has 4 heterocycles. The molecule has 6 nitrogen and oxygen atoms in total. The number of thiophene rings is 2. The number of carbonyl (C=O) groups excluding carboxylic acids is 2. The highest BCUT2D eigenvalue weighted by Gasteiger charge is 2.28. The maximum absolute atomic E-state index is 13.2. The Labute approximate surface area is 191 Å². The summed E-state index contributed by atoms with van der Waals surface area (Å²) in [5.41, 5.74) is 0.987. The number of hydrogen-bond acceptors (Lipinski definition) is 6. The molecule has 3 aromatic heterocycles. The molecule has 2 aromatic carbocycles. The Morgan fingerprint density at radius 3 is 2.50 bits per heavy atom. The first-order valence-corrected chi connectivity index (χ1v) is 11.9. The van der Waals surface area contributed by atoms with Crippen LogP contribution in [0.25, 0.3) is 30.5 Å². The van der Waals surface area contributed by atoms with Crippen LogP contribution in [-0.4, -0.2) is 43.0 Å². The quantitative estimate of drug-likeness (QED) is 0.380. The third-order valence-corrected chi connectivity index (χ3v) is 8.01. The lowest BCUT2D eigenvalue weighted by Crippen LogP contribution is -2.40. The van der Waals surface area contributed by atoms with Crippen LogP contribution in [0.3, 0.4) is 0 Å². The van der Waals surface area contributed by atoms with Crippen LogP contribution in [0.2, 0.25) is 0 Å². The summed E-state index contributed by atoms with van der Waals surface area (Å²) in [7, 11) is 0. The second kappa shape index (κ2) is 7.74. The van der Waals surface area contributed by atoms with E-state index in [1.165, 1.54) is 16.0 Å². The Morgan fingerprint density at radius 2 is 1.66 bits per heavy atom. The monoisotopic (exact) mass is 462 g/mol. The molecule has 0 atom stereocenters. The van der Waals surface area contributed by atoms with Crippen molar-refractivity contribution in [2.75, 3.05) is 31.6 Å². The van der Waals surface area contributed by atoms with E-state index in [1.54, 1.807) is 22.3 Å². The van der Waals surface area contributed by atoms with Gasteiger partial charge in [0.25, 0.3) is 11.8 Å². The highest BCUT2D eigenvalue weighted by Crippen LogP contribution is 2.40. The Bertz CT molecular complexity index is 1490. The van der Waals surface area contributed by atoms with E-state index >= 15 is 0 Å². The van der Waals surface area contributed by atoms with Gasteiger partial charge < -0.3 is 19.4 Å². The normalized spacial score (nSPS) is 14.4. The third-order valence-electron chi connectivity index (χ3n) is 5.60. The largest absolute Gasteiger partial charge is 0.449 e. The first kappa shape index (κ1) is 19.5. The van der Waals surface area contributed by atoms with Gasteiger partial charge >= 0.3 is 0 Å². The van der Waals surface area contributed by atoms with E-state index in [0.717, 1.165) is 14.8 Å². The van der Waals surface area contributed by atoms with Crippen LogP contribution in [0.1, 0.15) is 20.2 Å². The minimum atomic E-state index is -0.245. The molecule has 160 valence electrons. The second-order valence-electron chi connectivity index (χ2n) is 7.56. The number of benzene rings is 2. The van der Waals surface area contributed by atoms with Crippen molar-refractivity contribution in [1.29, 1.82) is 0 Å². The second-order valence-corrected chi connectivity index (χ2v) is 9.70. The Morgan fingerprint density at radius 1 is 0.906 bits per heavy atom. The van der Waals surface area contributed by atoms with Crippen molar-refractivity contribution in [2.24, 2.45) is 0 Å². The summed E-state index contributed by atoms with van der Waals surface area (Å²) in [6.45, 7) is 1.98. The van der Waals surface area contributed by atoms with Crippen molar-refractivity contribution in [3.05, 3.63) is 65.2 Å². The smallest absolute Gasteiger partial charge is 0.291 e. The topological polar surface area (TPSA) is 71.8 Å². The van der Waals surface area contributed by atoms with E-state index in [9.17, 15) is 9.59 Å². The summed E-state index contributed by atoms with van der Waals surface area (Å²) in [6.07, 6.45) is 0. The zero-order valence-corrected chi connectivity index (χ0v) is 18.6. The Balaban J connectivity index is 1.38. The van der Waals surface area contributed by atoms with Crippen molar-refractivity contribution in [1.82, 2.24) is 4.90 Å². The van der Waals surface area contributed by atoms with Gasteiger partial charge in [0.1, 0.15) is 11.3 Å². The van der Waals surface area contributed by atoms with Gasteiger partial charge in [0.05, 0.1) is 22.8 Å². The number of anilines is 1. The van der Waals surface area contributed by atoms with Crippen LogP contribution < -0.4 is 5.32 Å². The molecule has 2 amide bonds. The molecule has 0 radical (unpaired) electrons. The van der Waals surface area contributed by atoms with Crippen LogP contribution in [0.5, 0.6) is 0 Å². The molecule has 5 aromatic rings. The predicted octanol–water partition coefficient (Wildman–Crippen LogP) is 5.59. The highest BCUT2D eigenvalue weighted by atomic mass is 32.1. The number of furan rings is 1. The summed E-state index contributed by atoms with van der Waals surface area (Å²) >= 11 is 3.14. The molecule has 0 spiro atoms. The molecule has 6 rings (SSSR count). The molecule has 1 aliphatic rings. The third kappa shape index (κ3) is 3.19. The van der Waals surface area contributed by atoms with Gasteiger partial charge in [0.15, 0.2) is 0 Å². The first-order valence-electron chi connectivity index (χ1n) is 10.3. The molecule has 1 saturated heterocycles. The maximum atomic E-state index is 13.2. The molecule has 1 N–H and O–H groups in total. The molecule has 1 fully saturated rings. The van der Waals surface area contributed by atoms with E-state index in [-0.39, 0.29) is 17.6 Å². The zero-order valence-electron chi connectivity index (χ0n) is 16.9. The van der Waals surface area contributed by atoms with Crippen LogP contribution in [0.15, 0.2) is 59.0 Å².